The molecule has 146 valence electrons. The third-order valence-corrected chi connectivity index (χ3v) is 6.99. The first-order chi connectivity index (χ1) is 11.8. The van der Waals surface area contributed by atoms with Gasteiger partial charge in [0.1, 0.15) is 5.78 Å². The second-order valence-corrected chi connectivity index (χ2v) is 9.24. The van der Waals surface area contributed by atoms with E-state index < -0.39 is 0 Å². The smallest absolute Gasteiger partial charge is 0.136 e. The van der Waals surface area contributed by atoms with E-state index in [2.05, 4.69) is 27.7 Å². The summed E-state index contributed by atoms with van der Waals surface area (Å²) in [6, 6.07) is 0. The highest BCUT2D eigenvalue weighted by Gasteiger charge is 2.52. The van der Waals surface area contributed by atoms with Gasteiger partial charge in [0.05, 0.1) is 18.8 Å². The molecule has 0 amide bonds. The third kappa shape index (κ3) is 5.29. The van der Waals surface area contributed by atoms with Crippen molar-refractivity contribution < 1.29 is 14.3 Å². The predicted octanol–water partition coefficient (Wildman–Crippen LogP) is 5.41. The van der Waals surface area contributed by atoms with Crippen LogP contribution in [0.2, 0.25) is 0 Å². The Kier molecular flexibility index (Phi) is 7.52. The number of rotatable bonds is 10. The number of fused-ring (bicyclic) bond motifs is 1. The number of hydrogen-bond acceptors (Lipinski definition) is 3. The van der Waals surface area contributed by atoms with Crippen molar-refractivity contribution in [2.75, 3.05) is 19.8 Å². The molecule has 0 unspecified atom stereocenters. The van der Waals surface area contributed by atoms with Crippen molar-refractivity contribution in [3.63, 3.8) is 0 Å². The van der Waals surface area contributed by atoms with Gasteiger partial charge in [0.15, 0.2) is 0 Å². The van der Waals surface area contributed by atoms with Gasteiger partial charge in [0.2, 0.25) is 0 Å². The van der Waals surface area contributed by atoms with Gasteiger partial charge in [-0.2, -0.15) is 0 Å². The summed E-state index contributed by atoms with van der Waals surface area (Å²) in [6.07, 6.45) is 9.12. The van der Waals surface area contributed by atoms with Crippen molar-refractivity contribution in [3.05, 3.63) is 0 Å². The second kappa shape index (κ2) is 8.99. The molecule has 3 heteroatoms. The minimum Gasteiger partial charge on any atom is -0.379 e. The lowest BCUT2D eigenvalue weighted by Crippen LogP contribution is -2.39. The van der Waals surface area contributed by atoms with Crippen LogP contribution >= 0.6 is 0 Å². The Balaban J connectivity index is 1.76. The maximum absolute atomic E-state index is 12.3. The molecule has 0 heterocycles. The van der Waals surface area contributed by atoms with Crippen LogP contribution in [0.4, 0.5) is 0 Å². The van der Waals surface area contributed by atoms with Crippen LogP contribution in [0.3, 0.4) is 0 Å². The molecule has 0 spiro atoms. The number of carbonyl (C=O) groups is 1. The zero-order valence-electron chi connectivity index (χ0n) is 17.2. The molecule has 0 aromatic heterocycles. The molecule has 0 saturated heterocycles. The largest absolute Gasteiger partial charge is 0.379 e. The van der Waals surface area contributed by atoms with Crippen molar-refractivity contribution in [2.24, 2.45) is 23.2 Å². The molecule has 2 rings (SSSR count). The SMILES string of the molecule is CCOCCOC(C)(C)CCC[C@@H](C)[C@H]1CC[C@H]2C(=O)CCC[C@]12C. The first-order valence-electron chi connectivity index (χ1n) is 10.5. The fraction of sp³-hybridized carbons (Fsp3) is 0.955. The number of hydrogen-bond donors (Lipinski definition) is 0. The molecule has 2 aliphatic rings. The van der Waals surface area contributed by atoms with Crippen LogP contribution in [-0.2, 0) is 14.3 Å². The molecule has 0 radical (unpaired) electrons. The molecule has 2 aliphatic carbocycles. The highest BCUT2D eigenvalue weighted by atomic mass is 16.5. The van der Waals surface area contributed by atoms with Gasteiger partial charge in [0, 0.05) is 18.9 Å². The molecular formula is C22H40O3. The summed E-state index contributed by atoms with van der Waals surface area (Å²) in [7, 11) is 0. The van der Waals surface area contributed by atoms with Crippen LogP contribution in [0.5, 0.6) is 0 Å². The number of carbonyl (C=O) groups excluding carboxylic acids is 1. The molecule has 4 atom stereocenters. The maximum atomic E-state index is 12.3. The summed E-state index contributed by atoms with van der Waals surface area (Å²) in [5.41, 5.74) is 0.206. The summed E-state index contributed by atoms with van der Waals surface area (Å²) in [5, 5.41) is 0. The Morgan fingerprint density at radius 3 is 2.76 bits per heavy atom. The van der Waals surface area contributed by atoms with E-state index in [4.69, 9.17) is 9.47 Å². The van der Waals surface area contributed by atoms with E-state index in [0.29, 0.717) is 30.8 Å². The fourth-order valence-electron chi connectivity index (χ4n) is 5.55. The van der Waals surface area contributed by atoms with Gasteiger partial charge in [-0.1, -0.05) is 26.7 Å². The van der Waals surface area contributed by atoms with Crippen LogP contribution in [0, 0.1) is 23.2 Å². The van der Waals surface area contributed by atoms with E-state index in [0.717, 1.165) is 38.2 Å². The Bertz CT molecular complexity index is 431. The van der Waals surface area contributed by atoms with Crippen molar-refractivity contribution in [1.82, 2.24) is 0 Å². The second-order valence-electron chi connectivity index (χ2n) is 9.24. The van der Waals surface area contributed by atoms with E-state index in [9.17, 15) is 4.79 Å². The maximum Gasteiger partial charge on any atom is 0.136 e. The van der Waals surface area contributed by atoms with Crippen LogP contribution in [0.25, 0.3) is 0 Å². The van der Waals surface area contributed by atoms with Crippen molar-refractivity contribution in [2.45, 2.75) is 91.6 Å². The molecule has 25 heavy (non-hydrogen) atoms. The highest BCUT2D eigenvalue weighted by Crippen LogP contribution is 2.57. The van der Waals surface area contributed by atoms with Gasteiger partial charge in [-0.3, -0.25) is 4.79 Å². The Morgan fingerprint density at radius 1 is 1.28 bits per heavy atom. The molecular weight excluding hydrogens is 312 g/mol. The van der Waals surface area contributed by atoms with E-state index in [1.54, 1.807) is 0 Å². The van der Waals surface area contributed by atoms with Gasteiger partial charge < -0.3 is 9.47 Å². The predicted molar refractivity (Wildman–Crippen MR) is 103 cm³/mol. The quantitative estimate of drug-likeness (QED) is 0.493. The Labute approximate surface area is 155 Å². The first-order valence-corrected chi connectivity index (χ1v) is 10.5. The summed E-state index contributed by atoms with van der Waals surface area (Å²) in [5.74, 6) is 2.34. The van der Waals surface area contributed by atoms with Gasteiger partial charge in [-0.25, -0.2) is 0 Å². The van der Waals surface area contributed by atoms with Crippen LogP contribution in [-0.4, -0.2) is 31.2 Å². The molecule has 2 fully saturated rings. The molecule has 0 N–H and O–H groups in total. The average molecular weight is 353 g/mol. The van der Waals surface area contributed by atoms with E-state index in [1.807, 2.05) is 6.92 Å². The zero-order valence-corrected chi connectivity index (χ0v) is 17.2. The number of ketones is 1. The lowest BCUT2D eigenvalue weighted by Gasteiger charge is -2.42. The molecule has 2 saturated carbocycles. The van der Waals surface area contributed by atoms with Crippen molar-refractivity contribution in [3.8, 4) is 0 Å². The standard InChI is InChI=1S/C22H40O3/c1-6-24-15-16-25-21(3,4)13-7-9-17(2)18-11-12-19-20(23)10-8-14-22(18,19)5/h17-19H,6-16H2,1-5H3/t17-,18-,19+,22-/m1/s1. The van der Waals surface area contributed by atoms with Gasteiger partial charge in [0.25, 0.3) is 0 Å². The van der Waals surface area contributed by atoms with Gasteiger partial charge in [-0.15, -0.1) is 0 Å². The normalized spacial score (nSPS) is 31.2. The van der Waals surface area contributed by atoms with Gasteiger partial charge >= 0.3 is 0 Å². The topological polar surface area (TPSA) is 35.5 Å². The minimum atomic E-state index is -0.0697. The molecule has 0 aliphatic heterocycles. The third-order valence-electron chi connectivity index (χ3n) is 6.99. The average Bonchev–Trinajstić information content (AvgIpc) is 2.90. The fourth-order valence-corrected chi connectivity index (χ4v) is 5.55. The monoisotopic (exact) mass is 352 g/mol. The Hall–Kier alpha value is -0.410. The summed E-state index contributed by atoms with van der Waals surface area (Å²) in [6.45, 7) is 13.3. The molecule has 0 aromatic rings. The molecule has 0 bridgehead atoms. The lowest BCUT2D eigenvalue weighted by atomic mass is 9.62. The highest BCUT2D eigenvalue weighted by molar-refractivity contribution is 5.83. The summed E-state index contributed by atoms with van der Waals surface area (Å²) < 4.78 is 11.3. The van der Waals surface area contributed by atoms with E-state index in [-0.39, 0.29) is 11.0 Å². The van der Waals surface area contributed by atoms with Crippen LogP contribution in [0.1, 0.15) is 86.0 Å². The lowest BCUT2D eigenvalue weighted by molar-refractivity contribution is -0.130. The van der Waals surface area contributed by atoms with E-state index >= 15 is 0 Å². The Morgan fingerprint density at radius 2 is 2.04 bits per heavy atom. The summed E-state index contributed by atoms with van der Waals surface area (Å²) in [4.78, 5) is 12.3. The zero-order chi connectivity index (χ0) is 18.5. The molecule has 0 aromatic carbocycles. The first kappa shape index (κ1) is 20.9. The van der Waals surface area contributed by atoms with Crippen molar-refractivity contribution >= 4 is 5.78 Å². The van der Waals surface area contributed by atoms with Crippen LogP contribution < -0.4 is 0 Å². The minimum absolute atomic E-state index is 0.0697. The number of Topliss-reactive ketones (excluding diaryl/α,β-unsaturated/α-hetero) is 1. The van der Waals surface area contributed by atoms with Crippen molar-refractivity contribution in [1.29, 1.82) is 0 Å². The summed E-state index contributed by atoms with van der Waals surface area (Å²) >= 11 is 0. The number of ether oxygens (including phenoxy) is 2. The van der Waals surface area contributed by atoms with Crippen LogP contribution in [0.15, 0.2) is 0 Å². The van der Waals surface area contributed by atoms with E-state index in [1.165, 1.54) is 25.7 Å². The van der Waals surface area contributed by atoms with Gasteiger partial charge in [-0.05, 0) is 70.1 Å². The molecule has 3 nitrogen and oxygen atoms in total.